The van der Waals surface area contributed by atoms with Crippen molar-refractivity contribution in [3.8, 4) is 11.3 Å². The Balaban J connectivity index is 1.70. The van der Waals surface area contributed by atoms with E-state index in [1.165, 1.54) is 17.6 Å². The summed E-state index contributed by atoms with van der Waals surface area (Å²) in [6.07, 6.45) is 11.2. The Bertz CT molecular complexity index is 1430. The average Bonchev–Trinajstić information content (AvgIpc) is 3.34. The van der Waals surface area contributed by atoms with Crippen LogP contribution in [0.3, 0.4) is 0 Å². The number of anilines is 2. The lowest BCUT2D eigenvalue weighted by Gasteiger charge is -2.18. The number of aryl methyl sites for hydroxylation is 1. The van der Waals surface area contributed by atoms with Crippen molar-refractivity contribution in [2.24, 2.45) is 5.73 Å². The van der Waals surface area contributed by atoms with Crippen LogP contribution in [0, 0.1) is 0 Å². The summed E-state index contributed by atoms with van der Waals surface area (Å²) in [7, 11) is 0. The molecule has 0 atom stereocenters. The lowest BCUT2D eigenvalue weighted by atomic mass is 9.91. The van der Waals surface area contributed by atoms with Crippen molar-refractivity contribution in [3.63, 3.8) is 0 Å². The Hall–Kier alpha value is -4.38. The van der Waals surface area contributed by atoms with Crippen molar-refractivity contribution in [1.82, 2.24) is 14.8 Å². The van der Waals surface area contributed by atoms with Gasteiger partial charge in [0.1, 0.15) is 17.3 Å². The first-order chi connectivity index (χ1) is 18.2. The summed E-state index contributed by atoms with van der Waals surface area (Å²) in [5, 5.41) is 8.75. The minimum atomic E-state index is 0.699. The topological polar surface area (TPSA) is 68.8 Å². The molecule has 2 aromatic heterocycles. The van der Waals surface area contributed by atoms with Crippen LogP contribution in [0.1, 0.15) is 49.3 Å². The van der Waals surface area contributed by atoms with Crippen LogP contribution in [0.5, 0.6) is 0 Å². The lowest BCUT2D eigenvalue weighted by Crippen LogP contribution is -2.08. The van der Waals surface area contributed by atoms with Crippen LogP contribution >= 0.6 is 0 Å². The zero-order chi connectivity index (χ0) is 25.6. The van der Waals surface area contributed by atoms with E-state index in [0.29, 0.717) is 5.70 Å². The van der Waals surface area contributed by atoms with E-state index in [1.54, 1.807) is 12.4 Å². The molecule has 186 valence electrons. The fourth-order valence-corrected chi connectivity index (χ4v) is 4.85. The molecule has 5 nitrogen and oxygen atoms in total. The monoisotopic (exact) mass is 487 g/mol. The molecule has 37 heavy (non-hydrogen) atoms. The molecule has 0 fully saturated rings. The molecule has 4 aromatic rings. The molecule has 0 amide bonds. The van der Waals surface area contributed by atoms with Gasteiger partial charge >= 0.3 is 0 Å². The minimum absolute atomic E-state index is 0.699. The molecular formula is C32H33N5. The van der Waals surface area contributed by atoms with Crippen LogP contribution in [0.25, 0.3) is 28.1 Å². The number of pyridine rings is 1. The minimum Gasteiger partial charge on any atom is -0.404 e. The van der Waals surface area contributed by atoms with Crippen molar-refractivity contribution < 1.29 is 0 Å². The van der Waals surface area contributed by atoms with E-state index in [1.807, 2.05) is 28.9 Å². The van der Waals surface area contributed by atoms with Crippen molar-refractivity contribution >= 4 is 28.5 Å². The molecular weight excluding hydrogens is 454 g/mol. The predicted octanol–water partition coefficient (Wildman–Crippen LogP) is 7.68. The summed E-state index contributed by atoms with van der Waals surface area (Å²) < 4.78 is 1.90. The van der Waals surface area contributed by atoms with E-state index in [0.717, 1.165) is 65.3 Å². The molecule has 1 aliphatic carbocycles. The Labute approximate surface area is 219 Å². The van der Waals surface area contributed by atoms with Crippen molar-refractivity contribution in [2.45, 2.75) is 39.0 Å². The van der Waals surface area contributed by atoms with Gasteiger partial charge in [0.2, 0.25) is 0 Å². The second-order valence-electron chi connectivity index (χ2n) is 9.24. The van der Waals surface area contributed by atoms with Crippen molar-refractivity contribution in [3.05, 3.63) is 115 Å². The first-order valence-electron chi connectivity index (χ1n) is 13.0. The number of rotatable bonds is 8. The van der Waals surface area contributed by atoms with Gasteiger partial charge in [-0.05, 0) is 60.9 Å². The van der Waals surface area contributed by atoms with E-state index in [4.69, 9.17) is 10.8 Å². The zero-order valence-electron chi connectivity index (χ0n) is 21.3. The second-order valence-corrected chi connectivity index (χ2v) is 9.24. The summed E-state index contributed by atoms with van der Waals surface area (Å²) >= 11 is 0. The van der Waals surface area contributed by atoms with Crippen molar-refractivity contribution in [2.75, 3.05) is 5.32 Å². The highest BCUT2D eigenvalue weighted by Crippen LogP contribution is 2.42. The predicted molar refractivity (Wildman–Crippen MR) is 155 cm³/mol. The number of hydrogen-bond donors (Lipinski definition) is 2. The van der Waals surface area contributed by atoms with Crippen molar-refractivity contribution in [1.29, 1.82) is 0 Å². The Kier molecular flexibility index (Phi) is 7.31. The van der Waals surface area contributed by atoms with E-state index in [-0.39, 0.29) is 0 Å². The number of nitrogens with two attached hydrogens (primary N) is 1. The maximum Gasteiger partial charge on any atom is 0.143 e. The van der Waals surface area contributed by atoms with E-state index in [2.05, 4.69) is 78.4 Å². The first-order valence-corrected chi connectivity index (χ1v) is 13.0. The molecule has 0 radical (unpaired) electrons. The quantitative estimate of drug-likeness (QED) is 0.250. The Morgan fingerprint density at radius 2 is 1.81 bits per heavy atom. The first kappa shape index (κ1) is 24.3. The average molecular weight is 488 g/mol. The van der Waals surface area contributed by atoms with Crippen LogP contribution < -0.4 is 11.1 Å². The third-order valence-corrected chi connectivity index (χ3v) is 6.86. The number of nitrogens with one attached hydrogen (secondary N) is 1. The van der Waals surface area contributed by atoms with Gasteiger partial charge in [0.25, 0.3) is 0 Å². The molecule has 0 unspecified atom stereocenters. The van der Waals surface area contributed by atoms with Crippen LogP contribution in [0.4, 0.5) is 11.6 Å². The SMILES string of the molecule is C=C(/C(=C\N)c1ccc(CC)cc1)n1nc(-c2ccccc2)c(C2=CCCCC2)c1Nc1ccccn1. The van der Waals surface area contributed by atoms with Crippen LogP contribution in [0.15, 0.2) is 97.8 Å². The third-order valence-electron chi connectivity index (χ3n) is 6.86. The van der Waals surface area contributed by atoms with Gasteiger partial charge in [0.05, 0.1) is 5.70 Å². The molecule has 3 N–H and O–H groups in total. The molecule has 0 aliphatic heterocycles. The second kappa shape index (κ2) is 11.1. The number of nitrogens with zero attached hydrogens (tertiary/aromatic N) is 3. The smallest absolute Gasteiger partial charge is 0.143 e. The molecule has 5 rings (SSSR count). The molecule has 0 saturated carbocycles. The number of hydrogen-bond acceptors (Lipinski definition) is 4. The van der Waals surface area contributed by atoms with Crippen LogP contribution in [-0.2, 0) is 6.42 Å². The summed E-state index contributed by atoms with van der Waals surface area (Å²) in [6, 6.07) is 24.7. The molecule has 2 heterocycles. The van der Waals surface area contributed by atoms with Crippen LogP contribution in [-0.4, -0.2) is 14.8 Å². The molecule has 0 bridgehead atoms. The largest absolute Gasteiger partial charge is 0.404 e. The fourth-order valence-electron chi connectivity index (χ4n) is 4.85. The van der Waals surface area contributed by atoms with Gasteiger partial charge in [-0.15, -0.1) is 0 Å². The summed E-state index contributed by atoms with van der Waals surface area (Å²) in [5.74, 6) is 1.60. The van der Waals surface area contributed by atoms with Gasteiger partial charge in [-0.3, -0.25) is 0 Å². The summed E-state index contributed by atoms with van der Waals surface area (Å²) in [6.45, 7) is 6.64. The molecule has 1 aliphatic rings. The van der Waals surface area contributed by atoms with Crippen LogP contribution in [0.2, 0.25) is 0 Å². The van der Waals surface area contributed by atoms with Gasteiger partial charge in [0.15, 0.2) is 0 Å². The maximum absolute atomic E-state index is 6.21. The van der Waals surface area contributed by atoms with E-state index >= 15 is 0 Å². The van der Waals surface area contributed by atoms with E-state index in [9.17, 15) is 0 Å². The lowest BCUT2D eigenvalue weighted by molar-refractivity contribution is 0.742. The zero-order valence-corrected chi connectivity index (χ0v) is 21.3. The summed E-state index contributed by atoms with van der Waals surface area (Å²) in [5.41, 5.74) is 14.4. The summed E-state index contributed by atoms with van der Waals surface area (Å²) in [4.78, 5) is 4.54. The normalized spacial score (nSPS) is 13.8. The third kappa shape index (κ3) is 5.12. The number of aromatic nitrogens is 3. The van der Waals surface area contributed by atoms with E-state index < -0.39 is 0 Å². The van der Waals surface area contributed by atoms with Gasteiger partial charge < -0.3 is 11.1 Å². The van der Waals surface area contributed by atoms with Gasteiger partial charge in [0, 0.05) is 29.1 Å². The molecule has 5 heteroatoms. The highest BCUT2D eigenvalue weighted by atomic mass is 15.3. The Morgan fingerprint density at radius 3 is 2.46 bits per heavy atom. The number of allylic oxidation sites excluding steroid dienone is 4. The maximum atomic E-state index is 6.21. The van der Waals surface area contributed by atoms with Gasteiger partial charge in [-0.1, -0.05) is 80.2 Å². The molecule has 0 spiro atoms. The highest BCUT2D eigenvalue weighted by molar-refractivity contribution is 5.99. The fraction of sp³-hybridized carbons (Fsp3) is 0.188. The highest BCUT2D eigenvalue weighted by Gasteiger charge is 2.26. The standard InChI is InChI=1S/C32H33N5/c1-3-24-17-19-25(20-18-24)28(22-33)23(2)37-32(35-29-16-10-11-21-34-29)30(26-12-6-4-7-13-26)31(36-37)27-14-8-5-9-15-27/h5,8-12,14-22H,2-4,6-7,13,33H2,1H3,(H,34,35)/b28-22+. The van der Waals surface area contributed by atoms with Gasteiger partial charge in [-0.2, -0.15) is 5.10 Å². The number of benzene rings is 2. The molecule has 2 aromatic carbocycles. The Morgan fingerprint density at radius 1 is 1.03 bits per heavy atom. The van der Waals surface area contributed by atoms with Gasteiger partial charge in [-0.25, -0.2) is 9.67 Å². The molecule has 0 saturated heterocycles.